The Bertz CT molecular complexity index is 770. The lowest BCUT2D eigenvalue weighted by Crippen LogP contribution is -2.27. The molecule has 1 amide bonds. The third kappa shape index (κ3) is 3.86. The summed E-state index contributed by atoms with van der Waals surface area (Å²) >= 11 is 6.72. The first-order chi connectivity index (χ1) is 11.7. The van der Waals surface area contributed by atoms with Gasteiger partial charge in [-0.1, -0.05) is 66.4 Å². The number of carbonyl (C=O) groups is 1. The molecule has 3 nitrogen and oxygen atoms in total. The van der Waals surface area contributed by atoms with Gasteiger partial charge in [0.2, 0.25) is 0 Å². The van der Waals surface area contributed by atoms with Gasteiger partial charge in [0.05, 0.1) is 18.1 Å². The van der Waals surface area contributed by atoms with E-state index in [-0.39, 0.29) is 5.91 Å². The molecular formula is C19H17NO2S2. The van der Waals surface area contributed by atoms with Gasteiger partial charge in [0, 0.05) is 0 Å². The van der Waals surface area contributed by atoms with E-state index in [2.05, 4.69) is 0 Å². The van der Waals surface area contributed by atoms with Gasteiger partial charge in [-0.2, -0.15) is 0 Å². The van der Waals surface area contributed by atoms with Crippen molar-refractivity contribution in [3.8, 4) is 5.75 Å². The highest BCUT2D eigenvalue weighted by molar-refractivity contribution is 8.26. The molecule has 1 heterocycles. The maximum atomic E-state index is 12.6. The number of carbonyl (C=O) groups excluding carboxylic acids is 1. The summed E-state index contributed by atoms with van der Waals surface area (Å²) in [6.45, 7) is 3.09. The number of hydrogen-bond acceptors (Lipinski definition) is 4. The van der Waals surface area contributed by atoms with E-state index in [0.29, 0.717) is 22.4 Å². The number of amides is 1. The first-order valence-electron chi connectivity index (χ1n) is 7.69. The number of nitrogens with zero attached hydrogens (tertiary/aromatic N) is 1. The molecule has 0 aromatic heterocycles. The van der Waals surface area contributed by atoms with Crippen LogP contribution in [0.15, 0.2) is 59.5 Å². The Hall–Kier alpha value is -2.11. The minimum Gasteiger partial charge on any atom is -0.494 e. The van der Waals surface area contributed by atoms with Crippen molar-refractivity contribution in [3.05, 3.63) is 70.6 Å². The van der Waals surface area contributed by atoms with Gasteiger partial charge < -0.3 is 4.74 Å². The van der Waals surface area contributed by atoms with Crippen LogP contribution in [0.1, 0.15) is 18.1 Å². The Balaban J connectivity index is 1.75. The van der Waals surface area contributed by atoms with Gasteiger partial charge >= 0.3 is 0 Å². The quantitative estimate of drug-likeness (QED) is 0.584. The van der Waals surface area contributed by atoms with Gasteiger partial charge in [0.25, 0.3) is 5.91 Å². The molecule has 122 valence electrons. The molecule has 0 saturated carbocycles. The molecule has 1 aliphatic rings. The Morgan fingerprint density at radius 3 is 2.50 bits per heavy atom. The van der Waals surface area contributed by atoms with Crippen LogP contribution < -0.4 is 4.74 Å². The number of thioether (sulfide) groups is 1. The van der Waals surface area contributed by atoms with E-state index >= 15 is 0 Å². The second-order valence-corrected chi connectivity index (χ2v) is 6.93. The second kappa shape index (κ2) is 7.64. The predicted octanol–water partition coefficient (Wildman–Crippen LogP) is 4.49. The summed E-state index contributed by atoms with van der Waals surface area (Å²) in [6.07, 6.45) is 1.88. The van der Waals surface area contributed by atoms with Gasteiger partial charge in [-0.15, -0.1) is 0 Å². The van der Waals surface area contributed by atoms with Gasteiger partial charge in [-0.25, -0.2) is 0 Å². The Labute approximate surface area is 151 Å². The molecule has 1 saturated heterocycles. The normalized spacial score (nSPS) is 16.0. The first kappa shape index (κ1) is 16.7. The molecule has 0 spiro atoms. The lowest BCUT2D eigenvalue weighted by atomic mass is 10.2. The van der Waals surface area contributed by atoms with Crippen LogP contribution >= 0.6 is 24.0 Å². The predicted molar refractivity (Wildman–Crippen MR) is 103 cm³/mol. The van der Waals surface area contributed by atoms with Crippen molar-refractivity contribution < 1.29 is 9.53 Å². The van der Waals surface area contributed by atoms with Crippen molar-refractivity contribution in [3.63, 3.8) is 0 Å². The van der Waals surface area contributed by atoms with Crippen LogP contribution in [0.5, 0.6) is 5.75 Å². The molecule has 1 fully saturated rings. The van der Waals surface area contributed by atoms with Crippen molar-refractivity contribution in [2.75, 3.05) is 6.61 Å². The van der Waals surface area contributed by atoms with Crippen LogP contribution in [0.2, 0.25) is 0 Å². The van der Waals surface area contributed by atoms with Gasteiger partial charge in [0.1, 0.15) is 10.1 Å². The highest BCUT2D eigenvalue weighted by Crippen LogP contribution is 2.33. The van der Waals surface area contributed by atoms with Crippen LogP contribution in [0.4, 0.5) is 0 Å². The van der Waals surface area contributed by atoms with Crippen LogP contribution in [0.3, 0.4) is 0 Å². The highest BCUT2D eigenvalue weighted by atomic mass is 32.2. The average Bonchev–Trinajstić information content (AvgIpc) is 2.85. The van der Waals surface area contributed by atoms with Crippen LogP contribution in [0.25, 0.3) is 6.08 Å². The zero-order chi connectivity index (χ0) is 16.9. The van der Waals surface area contributed by atoms with E-state index in [1.165, 1.54) is 11.8 Å². The largest absolute Gasteiger partial charge is 0.494 e. The van der Waals surface area contributed by atoms with E-state index in [9.17, 15) is 4.79 Å². The average molecular weight is 355 g/mol. The fourth-order valence-corrected chi connectivity index (χ4v) is 3.64. The lowest BCUT2D eigenvalue weighted by molar-refractivity contribution is -0.122. The SMILES string of the molecule is CCOc1ccc(/C=C2/SC(=S)N(Cc3ccccc3)C2=O)cc1. The van der Waals surface area contributed by atoms with Crippen molar-refractivity contribution in [1.82, 2.24) is 4.90 Å². The van der Waals surface area contributed by atoms with Crippen molar-refractivity contribution in [2.45, 2.75) is 13.5 Å². The molecule has 0 atom stereocenters. The highest BCUT2D eigenvalue weighted by Gasteiger charge is 2.31. The summed E-state index contributed by atoms with van der Waals surface area (Å²) in [4.78, 5) is 14.9. The third-order valence-electron chi connectivity index (χ3n) is 3.55. The van der Waals surface area contributed by atoms with Gasteiger partial charge in [-0.05, 0) is 36.3 Å². The molecule has 0 aliphatic carbocycles. The molecule has 2 aromatic carbocycles. The third-order valence-corrected chi connectivity index (χ3v) is 4.92. The smallest absolute Gasteiger partial charge is 0.266 e. The monoisotopic (exact) mass is 355 g/mol. The van der Waals surface area contributed by atoms with E-state index < -0.39 is 0 Å². The molecule has 0 N–H and O–H groups in total. The maximum absolute atomic E-state index is 12.6. The molecule has 3 rings (SSSR count). The Morgan fingerprint density at radius 1 is 1.12 bits per heavy atom. The number of benzene rings is 2. The number of thiocarbonyl (C=S) groups is 1. The van der Waals surface area contributed by atoms with Crippen molar-refractivity contribution >= 4 is 40.3 Å². The standard InChI is InChI=1S/C19H17NO2S2/c1-2-22-16-10-8-14(9-11-16)12-17-18(21)20(19(23)24-17)13-15-6-4-3-5-7-15/h3-12H,2,13H2,1H3/b17-12+. The van der Waals surface area contributed by atoms with Crippen molar-refractivity contribution in [1.29, 1.82) is 0 Å². The first-order valence-corrected chi connectivity index (χ1v) is 8.92. The van der Waals surface area contributed by atoms with Crippen LogP contribution in [0, 0.1) is 0 Å². The number of rotatable bonds is 5. The fraction of sp³-hybridized carbons (Fsp3) is 0.158. The summed E-state index contributed by atoms with van der Waals surface area (Å²) in [5.41, 5.74) is 2.02. The van der Waals surface area contributed by atoms with E-state index in [0.717, 1.165) is 16.9 Å². The zero-order valence-corrected chi connectivity index (χ0v) is 14.9. The van der Waals surface area contributed by atoms with E-state index in [4.69, 9.17) is 17.0 Å². The maximum Gasteiger partial charge on any atom is 0.266 e. The van der Waals surface area contributed by atoms with Gasteiger partial charge in [0.15, 0.2) is 0 Å². The van der Waals surface area contributed by atoms with Crippen molar-refractivity contribution in [2.24, 2.45) is 0 Å². The molecule has 24 heavy (non-hydrogen) atoms. The zero-order valence-electron chi connectivity index (χ0n) is 13.3. The molecule has 0 bridgehead atoms. The Kier molecular flexibility index (Phi) is 5.33. The molecular weight excluding hydrogens is 338 g/mol. The van der Waals surface area contributed by atoms with Gasteiger partial charge in [-0.3, -0.25) is 9.69 Å². The van der Waals surface area contributed by atoms with E-state index in [1.54, 1.807) is 4.90 Å². The summed E-state index contributed by atoms with van der Waals surface area (Å²) in [5, 5.41) is 0. The van der Waals surface area contributed by atoms with E-state index in [1.807, 2.05) is 67.6 Å². The molecule has 2 aromatic rings. The molecule has 5 heteroatoms. The Morgan fingerprint density at radius 2 is 1.83 bits per heavy atom. The van der Waals surface area contributed by atoms with Crippen LogP contribution in [-0.4, -0.2) is 21.7 Å². The minimum absolute atomic E-state index is 0.0391. The molecule has 0 radical (unpaired) electrons. The second-order valence-electron chi connectivity index (χ2n) is 5.26. The molecule has 1 aliphatic heterocycles. The number of hydrogen-bond donors (Lipinski definition) is 0. The fourth-order valence-electron chi connectivity index (χ4n) is 2.38. The summed E-state index contributed by atoms with van der Waals surface area (Å²) in [6, 6.07) is 17.6. The summed E-state index contributed by atoms with van der Waals surface area (Å²) in [7, 11) is 0. The van der Waals surface area contributed by atoms with Crippen LogP contribution in [-0.2, 0) is 11.3 Å². The molecule has 0 unspecified atom stereocenters. The number of ether oxygens (including phenoxy) is 1. The minimum atomic E-state index is -0.0391. The lowest BCUT2D eigenvalue weighted by Gasteiger charge is -2.14. The topological polar surface area (TPSA) is 29.5 Å². The summed E-state index contributed by atoms with van der Waals surface area (Å²) < 4.78 is 6.03. The summed E-state index contributed by atoms with van der Waals surface area (Å²) in [5.74, 6) is 0.786.